The molecule has 0 bridgehead atoms. The first-order chi connectivity index (χ1) is 8.82. The highest BCUT2D eigenvalue weighted by atomic mass is 16.5. The first-order valence-corrected chi connectivity index (χ1v) is 6.90. The van der Waals surface area contributed by atoms with Crippen LogP contribution in [0.2, 0.25) is 0 Å². The summed E-state index contributed by atoms with van der Waals surface area (Å²) in [5.74, 6) is 1.06. The number of ether oxygens (including phenoxy) is 1. The maximum absolute atomic E-state index is 6.08. The Morgan fingerprint density at radius 1 is 1.33 bits per heavy atom. The van der Waals surface area contributed by atoms with Crippen molar-refractivity contribution in [2.45, 2.75) is 50.5 Å². The molecule has 1 aliphatic carbocycles. The molecule has 0 spiro atoms. The van der Waals surface area contributed by atoms with Gasteiger partial charge in [-0.2, -0.15) is 0 Å². The molecule has 1 fully saturated rings. The van der Waals surface area contributed by atoms with Crippen molar-refractivity contribution >= 4 is 0 Å². The van der Waals surface area contributed by atoms with E-state index >= 15 is 0 Å². The highest BCUT2D eigenvalue weighted by Crippen LogP contribution is 2.36. The van der Waals surface area contributed by atoms with Gasteiger partial charge in [0.15, 0.2) is 0 Å². The van der Waals surface area contributed by atoms with E-state index in [4.69, 9.17) is 10.5 Å². The van der Waals surface area contributed by atoms with Gasteiger partial charge in [0.25, 0.3) is 0 Å². The van der Waals surface area contributed by atoms with Gasteiger partial charge in [-0.25, -0.2) is 0 Å². The second-order valence-electron chi connectivity index (χ2n) is 5.24. The van der Waals surface area contributed by atoms with Crippen LogP contribution in [0.3, 0.4) is 0 Å². The highest BCUT2D eigenvalue weighted by Gasteiger charge is 2.35. The van der Waals surface area contributed by atoms with Crippen LogP contribution in [0.1, 0.15) is 44.3 Å². The molecule has 2 rings (SSSR count). The lowest BCUT2D eigenvalue weighted by molar-refractivity contribution is 0.183. The Balaban J connectivity index is 2.22. The summed E-state index contributed by atoms with van der Waals surface area (Å²) in [6.45, 7) is 2.16. The van der Waals surface area contributed by atoms with Crippen molar-refractivity contribution < 1.29 is 4.74 Å². The standard InChI is InChI=1S/C13H24N4O/c1-18-9-8-17-11-15-16-12(17)13(10-14)6-4-2-3-5-7-13/h11H,2-10,14H2,1H3. The first kappa shape index (κ1) is 13.5. The Morgan fingerprint density at radius 3 is 2.67 bits per heavy atom. The van der Waals surface area contributed by atoms with Gasteiger partial charge in [0.1, 0.15) is 12.2 Å². The molecule has 1 heterocycles. The van der Waals surface area contributed by atoms with Crippen molar-refractivity contribution in [2.24, 2.45) is 5.73 Å². The zero-order chi connectivity index (χ0) is 12.8. The van der Waals surface area contributed by atoms with Gasteiger partial charge in [0.05, 0.1) is 6.61 Å². The number of nitrogens with two attached hydrogens (primary N) is 1. The molecule has 0 amide bonds. The minimum Gasteiger partial charge on any atom is -0.383 e. The SMILES string of the molecule is COCCn1cnnc1C1(CN)CCCCCC1. The van der Waals surface area contributed by atoms with E-state index < -0.39 is 0 Å². The molecule has 2 N–H and O–H groups in total. The first-order valence-electron chi connectivity index (χ1n) is 6.90. The molecule has 0 radical (unpaired) electrons. The minimum atomic E-state index is 0.0285. The van der Waals surface area contributed by atoms with E-state index in [1.807, 2.05) is 0 Å². The van der Waals surface area contributed by atoms with Crippen LogP contribution in [0, 0.1) is 0 Å². The van der Waals surface area contributed by atoms with Crippen molar-refractivity contribution in [3.63, 3.8) is 0 Å². The third-order valence-electron chi connectivity index (χ3n) is 4.08. The van der Waals surface area contributed by atoms with E-state index in [1.165, 1.54) is 25.7 Å². The number of aromatic nitrogens is 3. The molecule has 102 valence electrons. The second-order valence-corrected chi connectivity index (χ2v) is 5.24. The van der Waals surface area contributed by atoms with Crippen LogP contribution in [0.4, 0.5) is 0 Å². The zero-order valence-electron chi connectivity index (χ0n) is 11.3. The molecule has 18 heavy (non-hydrogen) atoms. The van der Waals surface area contributed by atoms with Gasteiger partial charge in [0, 0.05) is 25.6 Å². The molecule has 1 saturated carbocycles. The predicted octanol–water partition coefficient (Wildman–Crippen LogP) is 1.48. The van der Waals surface area contributed by atoms with Crippen LogP contribution < -0.4 is 5.73 Å². The molecule has 0 atom stereocenters. The summed E-state index contributed by atoms with van der Waals surface area (Å²) in [4.78, 5) is 0. The van der Waals surface area contributed by atoms with E-state index in [2.05, 4.69) is 14.8 Å². The Morgan fingerprint density at radius 2 is 2.06 bits per heavy atom. The largest absolute Gasteiger partial charge is 0.383 e. The van der Waals surface area contributed by atoms with Gasteiger partial charge in [-0.1, -0.05) is 25.7 Å². The van der Waals surface area contributed by atoms with Gasteiger partial charge < -0.3 is 15.0 Å². The summed E-state index contributed by atoms with van der Waals surface area (Å²) in [5, 5.41) is 8.43. The molecule has 1 aromatic heterocycles. The Hall–Kier alpha value is -0.940. The summed E-state index contributed by atoms with van der Waals surface area (Å²) < 4.78 is 7.25. The van der Waals surface area contributed by atoms with E-state index in [0.29, 0.717) is 13.2 Å². The Labute approximate surface area is 109 Å². The zero-order valence-corrected chi connectivity index (χ0v) is 11.3. The highest BCUT2D eigenvalue weighted by molar-refractivity contribution is 5.10. The number of hydrogen-bond donors (Lipinski definition) is 1. The normalized spacial score (nSPS) is 19.7. The maximum atomic E-state index is 6.08. The Kier molecular flexibility index (Phi) is 4.72. The topological polar surface area (TPSA) is 66.0 Å². The molecule has 0 aromatic carbocycles. The third kappa shape index (κ3) is 2.72. The molecule has 0 unspecified atom stereocenters. The van der Waals surface area contributed by atoms with Gasteiger partial charge in [-0.3, -0.25) is 0 Å². The number of hydrogen-bond acceptors (Lipinski definition) is 4. The maximum Gasteiger partial charge on any atom is 0.140 e. The van der Waals surface area contributed by atoms with Gasteiger partial charge in [-0.15, -0.1) is 10.2 Å². The van der Waals surface area contributed by atoms with Crippen molar-refractivity contribution in [1.82, 2.24) is 14.8 Å². The Bertz CT molecular complexity index is 356. The van der Waals surface area contributed by atoms with E-state index in [-0.39, 0.29) is 5.41 Å². The summed E-state index contributed by atoms with van der Waals surface area (Å²) in [7, 11) is 1.72. The van der Waals surface area contributed by atoms with E-state index in [0.717, 1.165) is 25.2 Å². The van der Waals surface area contributed by atoms with Crippen LogP contribution in [0.25, 0.3) is 0 Å². The summed E-state index contributed by atoms with van der Waals surface area (Å²) in [6.07, 6.45) is 9.19. The summed E-state index contributed by atoms with van der Waals surface area (Å²) in [5.41, 5.74) is 6.11. The summed E-state index contributed by atoms with van der Waals surface area (Å²) in [6, 6.07) is 0. The fourth-order valence-electron chi connectivity index (χ4n) is 2.94. The monoisotopic (exact) mass is 252 g/mol. The fraction of sp³-hybridized carbons (Fsp3) is 0.846. The number of rotatable bonds is 5. The van der Waals surface area contributed by atoms with Gasteiger partial charge in [0.2, 0.25) is 0 Å². The predicted molar refractivity (Wildman–Crippen MR) is 70.3 cm³/mol. The molecule has 0 saturated heterocycles. The molecule has 5 nitrogen and oxygen atoms in total. The van der Waals surface area contributed by atoms with Crippen LogP contribution in [-0.4, -0.2) is 35.0 Å². The smallest absolute Gasteiger partial charge is 0.140 e. The third-order valence-corrected chi connectivity index (χ3v) is 4.08. The van der Waals surface area contributed by atoms with Crippen molar-refractivity contribution in [1.29, 1.82) is 0 Å². The van der Waals surface area contributed by atoms with Gasteiger partial charge >= 0.3 is 0 Å². The summed E-state index contributed by atoms with van der Waals surface area (Å²) >= 11 is 0. The van der Waals surface area contributed by atoms with E-state index in [9.17, 15) is 0 Å². The van der Waals surface area contributed by atoms with Crippen molar-refractivity contribution in [3.05, 3.63) is 12.2 Å². The van der Waals surface area contributed by atoms with Crippen molar-refractivity contribution in [2.75, 3.05) is 20.3 Å². The second kappa shape index (κ2) is 6.29. The fourth-order valence-corrected chi connectivity index (χ4v) is 2.94. The number of methoxy groups -OCH3 is 1. The average molecular weight is 252 g/mol. The average Bonchev–Trinajstić information content (AvgIpc) is 2.74. The number of nitrogens with zero attached hydrogens (tertiary/aromatic N) is 3. The molecule has 1 aromatic rings. The van der Waals surface area contributed by atoms with Gasteiger partial charge in [-0.05, 0) is 12.8 Å². The van der Waals surface area contributed by atoms with E-state index in [1.54, 1.807) is 13.4 Å². The minimum absolute atomic E-state index is 0.0285. The van der Waals surface area contributed by atoms with Crippen LogP contribution in [0.15, 0.2) is 6.33 Å². The lowest BCUT2D eigenvalue weighted by atomic mass is 9.79. The molecule has 0 aliphatic heterocycles. The molecular weight excluding hydrogens is 228 g/mol. The van der Waals surface area contributed by atoms with Crippen LogP contribution in [-0.2, 0) is 16.7 Å². The van der Waals surface area contributed by atoms with Crippen molar-refractivity contribution in [3.8, 4) is 0 Å². The van der Waals surface area contributed by atoms with Crippen LogP contribution in [0.5, 0.6) is 0 Å². The molecule has 1 aliphatic rings. The van der Waals surface area contributed by atoms with Crippen LogP contribution >= 0.6 is 0 Å². The lowest BCUT2D eigenvalue weighted by Gasteiger charge is -2.30. The molecular formula is C13H24N4O. The molecule has 5 heteroatoms. The lowest BCUT2D eigenvalue weighted by Crippen LogP contribution is -2.37. The quantitative estimate of drug-likeness (QED) is 0.806.